The number of hydrogen-bond acceptors (Lipinski definition) is 0. The van der Waals surface area contributed by atoms with Crippen molar-refractivity contribution in [3.63, 3.8) is 0 Å². The van der Waals surface area contributed by atoms with Gasteiger partial charge in [0.2, 0.25) is 0 Å². The van der Waals surface area contributed by atoms with Crippen molar-refractivity contribution in [1.82, 2.24) is 0 Å². The van der Waals surface area contributed by atoms with Crippen molar-refractivity contribution in [3.8, 4) is 11.8 Å². The van der Waals surface area contributed by atoms with E-state index in [0.29, 0.717) is 5.92 Å². The Morgan fingerprint density at radius 2 is 1.45 bits per heavy atom. The molecule has 0 aliphatic heterocycles. The van der Waals surface area contributed by atoms with Crippen LogP contribution in [0.2, 0.25) is 0 Å². The van der Waals surface area contributed by atoms with Crippen molar-refractivity contribution in [1.29, 1.82) is 0 Å². The number of unbranched alkanes of at least 4 members (excludes halogenated alkanes) is 2. The van der Waals surface area contributed by atoms with E-state index in [2.05, 4.69) is 79.4 Å². The van der Waals surface area contributed by atoms with Crippen LogP contribution in [-0.4, -0.2) is 0 Å². The van der Waals surface area contributed by atoms with Gasteiger partial charge in [0.15, 0.2) is 0 Å². The summed E-state index contributed by atoms with van der Waals surface area (Å²) in [7, 11) is 0. The van der Waals surface area contributed by atoms with Crippen LogP contribution in [0.3, 0.4) is 0 Å². The Morgan fingerprint density at radius 1 is 0.818 bits per heavy atom. The van der Waals surface area contributed by atoms with Crippen LogP contribution < -0.4 is 0 Å². The molecule has 1 atom stereocenters. The quantitative estimate of drug-likeness (QED) is 0.455. The summed E-state index contributed by atoms with van der Waals surface area (Å²) in [6, 6.07) is 21.3. The fraction of sp³-hybridized carbons (Fsp3) is 0.364. The minimum absolute atomic E-state index is 0.484. The average molecular weight is 290 g/mol. The van der Waals surface area contributed by atoms with Gasteiger partial charge in [-0.2, -0.15) is 0 Å². The molecule has 22 heavy (non-hydrogen) atoms. The summed E-state index contributed by atoms with van der Waals surface area (Å²) in [5.74, 6) is 7.41. The Labute approximate surface area is 135 Å². The molecule has 2 aromatic rings. The van der Waals surface area contributed by atoms with Crippen LogP contribution in [0.1, 0.15) is 43.7 Å². The summed E-state index contributed by atoms with van der Waals surface area (Å²) < 4.78 is 0. The minimum Gasteiger partial charge on any atom is -0.0992 e. The van der Waals surface area contributed by atoms with Crippen molar-refractivity contribution < 1.29 is 0 Å². The molecule has 0 N–H and O–H groups in total. The Morgan fingerprint density at radius 3 is 2.09 bits per heavy atom. The standard InChI is InChI=1S/C22H26/c1-2-3-6-14-22(19-21-15-9-5-10-16-21)18-11-17-20-12-7-4-8-13-20/h4-5,7-10,12-13,15-16,22H,2-3,6,14,17,19H2,1H3. The molecule has 0 radical (unpaired) electrons. The fourth-order valence-corrected chi connectivity index (χ4v) is 2.66. The van der Waals surface area contributed by atoms with Gasteiger partial charge in [0.05, 0.1) is 0 Å². The van der Waals surface area contributed by atoms with Crippen molar-refractivity contribution >= 4 is 0 Å². The van der Waals surface area contributed by atoms with Gasteiger partial charge in [0.25, 0.3) is 0 Å². The van der Waals surface area contributed by atoms with E-state index in [-0.39, 0.29) is 0 Å². The summed E-state index contributed by atoms with van der Waals surface area (Å²) in [6.07, 6.45) is 7.02. The highest BCUT2D eigenvalue weighted by Crippen LogP contribution is 2.15. The van der Waals surface area contributed by atoms with Crippen molar-refractivity contribution in [3.05, 3.63) is 71.8 Å². The second-order valence-electron chi connectivity index (χ2n) is 5.87. The summed E-state index contributed by atoms with van der Waals surface area (Å²) in [5.41, 5.74) is 2.71. The van der Waals surface area contributed by atoms with E-state index < -0.39 is 0 Å². The van der Waals surface area contributed by atoms with Gasteiger partial charge in [0.1, 0.15) is 0 Å². The lowest BCUT2D eigenvalue weighted by molar-refractivity contribution is 0.551. The SMILES string of the molecule is CCCCCC(C#CCc1ccccc1)Cc1ccccc1. The van der Waals surface area contributed by atoms with E-state index in [9.17, 15) is 0 Å². The summed E-state index contributed by atoms with van der Waals surface area (Å²) in [4.78, 5) is 0. The first kappa shape index (κ1) is 16.4. The maximum absolute atomic E-state index is 3.53. The Bertz CT molecular complexity index is 572. The molecule has 2 aromatic carbocycles. The zero-order valence-corrected chi connectivity index (χ0v) is 13.6. The molecule has 0 saturated carbocycles. The normalized spacial score (nSPS) is 11.5. The van der Waals surface area contributed by atoms with Crippen molar-refractivity contribution in [2.75, 3.05) is 0 Å². The highest BCUT2D eigenvalue weighted by atomic mass is 14.1. The lowest BCUT2D eigenvalue weighted by Gasteiger charge is -2.10. The van der Waals surface area contributed by atoms with E-state index >= 15 is 0 Å². The van der Waals surface area contributed by atoms with Gasteiger partial charge < -0.3 is 0 Å². The predicted molar refractivity (Wildman–Crippen MR) is 95.7 cm³/mol. The smallest absolute Gasteiger partial charge is 0.0340 e. The van der Waals surface area contributed by atoms with Crippen LogP contribution >= 0.6 is 0 Å². The number of benzene rings is 2. The molecule has 0 saturated heterocycles. The molecule has 1 unspecified atom stereocenters. The Balaban J connectivity index is 1.95. The third-order valence-corrected chi connectivity index (χ3v) is 3.92. The van der Waals surface area contributed by atoms with Crippen LogP contribution in [0.25, 0.3) is 0 Å². The second kappa shape index (κ2) is 9.85. The van der Waals surface area contributed by atoms with Gasteiger partial charge in [-0.1, -0.05) is 98.7 Å². The zero-order chi connectivity index (χ0) is 15.5. The summed E-state index contributed by atoms with van der Waals surface area (Å²) >= 11 is 0. The van der Waals surface area contributed by atoms with Crippen LogP contribution in [0.15, 0.2) is 60.7 Å². The van der Waals surface area contributed by atoms with Crippen LogP contribution in [-0.2, 0) is 12.8 Å². The third-order valence-electron chi connectivity index (χ3n) is 3.92. The van der Waals surface area contributed by atoms with Gasteiger partial charge in [-0.15, -0.1) is 0 Å². The molecule has 114 valence electrons. The second-order valence-corrected chi connectivity index (χ2v) is 5.87. The van der Waals surface area contributed by atoms with Gasteiger partial charge in [-0.05, 0) is 24.0 Å². The number of rotatable bonds is 7. The molecule has 0 spiro atoms. The van der Waals surface area contributed by atoms with Crippen LogP contribution in [0.5, 0.6) is 0 Å². The molecule has 0 fully saturated rings. The maximum Gasteiger partial charge on any atom is 0.0340 e. The van der Waals surface area contributed by atoms with Gasteiger partial charge >= 0.3 is 0 Å². The molecule has 0 heterocycles. The van der Waals surface area contributed by atoms with Crippen LogP contribution in [0.4, 0.5) is 0 Å². The lowest BCUT2D eigenvalue weighted by atomic mass is 9.94. The fourth-order valence-electron chi connectivity index (χ4n) is 2.66. The van der Waals surface area contributed by atoms with E-state index in [4.69, 9.17) is 0 Å². The monoisotopic (exact) mass is 290 g/mol. The largest absolute Gasteiger partial charge is 0.0992 e. The molecule has 0 nitrogen and oxygen atoms in total. The third kappa shape index (κ3) is 6.19. The molecule has 0 aromatic heterocycles. The highest BCUT2D eigenvalue weighted by molar-refractivity contribution is 5.23. The minimum atomic E-state index is 0.484. The zero-order valence-electron chi connectivity index (χ0n) is 13.6. The van der Waals surface area contributed by atoms with E-state index in [1.807, 2.05) is 0 Å². The van der Waals surface area contributed by atoms with Gasteiger partial charge in [0, 0.05) is 12.3 Å². The predicted octanol–water partition coefficient (Wildman–Crippen LogP) is 5.67. The van der Waals surface area contributed by atoms with Crippen LogP contribution in [0, 0.1) is 17.8 Å². The highest BCUT2D eigenvalue weighted by Gasteiger charge is 2.06. The van der Waals surface area contributed by atoms with Crippen molar-refractivity contribution in [2.24, 2.45) is 5.92 Å². The topological polar surface area (TPSA) is 0 Å². The maximum atomic E-state index is 3.53. The molecular weight excluding hydrogens is 264 g/mol. The Hall–Kier alpha value is -2.00. The summed E-state index contributed by atoms with van der Waals surface area (Å²) in [6.45, 7) is 2.26. The van der Waals surface area contributed by atoms with Gasteiger partial charge in [-0.25, -0.2) is 0 Å². The van der Waals surface area contributed by atoms with E-state index in [1.54, 1.807) is 0 Å². The molecule has 0 aliphatic carbocycles. The molecule has 2 rings (SSSR count). The first-order valence-corrected chi connectivity index (χ1v) is 8.44. The molecule has 0 bridgehead atoms. The first-order chi connectivity index (χ1) is 10.9. The molecule has 0 heteroatoms. The van der Waals surface area contributed by atoms with Crippen molar-refractivity contribution in [2.45, 2.75) is 45.4 Å². The van der Waals surface area contributed by atoms with E-state index in [1.165, 1.54) is 36.8 Å². The molecule has 0 amide bonds. The average Bonchev–Trinajstić information content (AvgIpc) is 2.57. The molecule has 0 aliphatic rings. The van der Waals surface area contributed by atoms with E-state index in [0.717, 1.165) is 12.8 Å². The summed E-state index contributed by atoms with van der Waals surface area (Å²) in [5, 5.41) is 0. The number of hydrogen-bond donors (Lipinski definition) is 0. The van der Waals surface area contributed by atoms with Gasteiger partial charge in [-0.3, -0.25) is 0 Å². The first-order valence-electron chi connectivity index (χ1n) is 8.44. The molecular formula is C22H26. The lowest BCUT2D eigenvalue weighted by Crippen LogP contribution is -2.02. The Kier molecular flexibility index (Phi) is 7.33.